The quantitative estimate of drug-likeness (QED) is 0.236. The van der Waals surface area contributed by atoms with Crippen molar-refractivity contribution in [3.8, 4) is 17.6 Å². The number of carbonyl (C=O) groups is 2. The zero-order valence-electron chi connectivity index (χ0n) is 17.7. The Balaban J connectivity index is 1.55. The lowest BCUT2D eigenvalue weighted by molar-refractivity contribution is -0.118. The van der Waals surface area contributed by atoms with E-state index in [-0.39, 0.29) is 18.1 Å². The van der Waals surface area contributed by atoms with Crippen molar-refractivity contribution in [2.75, 3.05) is 24.4 Å². The van der Waals surface area contributed by atoms with Gasteiger partial charge in [-0.2, -0.15) is 5.26 Å². The molecular formula is C25H20IN3O4. The molecule has 0 aliphatic carbocycles. The number of nitrogens with one attached hydrogen (secondary N) is 2. The molecule has 166 valence electrons. The number of benzene rings is 3. The van der Waals surface area contributed by atoms with Crippen molar-refractivity contribution in [1.82, 2.24) is 0 Å². The molecule has 0 saturated heterocycles. The fourth-order valence-electron chi connectivity index (χ4n) is 2.73. The number of ether oxygens (including phenoxy) is 2. The first kappa shape index (κ1) is 23.8. The van der Waals surface area contributed by atoms with Crippen LogP contribution in [0.5, 0.6) is 11.5 Å². The molecule has 33 heavy (non-hydrogen) atoms. The van der Waals surface area contributed by atoms with Crippen LogP contribution in [0, 0.1) is 14.9 Å². The highest BCUT2D eigenvalue weighted by atomic mass is 127. The summed E-state index contributed by atoms with van der Waals surface area (Å²) in [6.07, 6.45) is 1.49. The predicted molar refractivity (Wildman–Crippen MR) is 135 cm³/mol. The number of nitrogens with zero attached hydrogens (tertiary/aromatic N) is 1. The van der Waals surface area contributed by atoms with E-state index in [9.17, 15) is 14.9 Å². The Morgan fingerprint density at radius 3 is 2.09 bits per heavy atom. The molecule has 3 rings (SSSR count). The van der Waals surface area contributed by atoms with Crippen molar-refractivity contribution in [1.29, 1.82) is 5.26 Å². The standard InChI is InChI=1S/C25H20IN3O4/c1-32-22-12-8-20(9-13-22)28-24(30)16-33-23-10-2-17(3-11-23)14-18(15-27)25(31)29-21-6-4-19(26)5-7-21/h2-14H,16H2,1H3,(H,28,30)(H,29,31)/b18-14-. The van der Waals surface area contributed by atoms with Crippen LogP contribution >= 0.6 is 22.6 Å². The summed E-state index contributed by atoms with van der Waals surface area (Å²) < 4.78 is 11.6. The Morgan fingerprint density at radius 1 is 0.909 bits per heavy atom. The summed E-state index contributed by atoms with van der Waals surface area (Å²) in [5.41, 5.74) is 1.87. The summed E-state index contributed by atoms with van der Waals surface area (Å²) in [5, 5.41) is 14.8. The van der Waals surface area contributed by atoms with Crippen molar-refractivity contribution < 1.29 is 19.1 Å². The van der Waals surface area contributed by atoms with Crippen LogP contribution in [0.25, 0.3) is 6.08 Å². The average Bonchev–Trinajstić information content (AvgIpc) is 2.83. The van der Waals surface area contributed by atoms with Crippen LogP contribution in [0.2, 0.25) is 0 Å². The summed E-state index contributed by atoms with van der Waals surface area (Å²) in [6.45, 7) is -0.164. The van der Waals surface area contributed by atoms with Crippen LogP contribution < -0.4 is 20.1 Å². The Kier molecular flexibility index (Phi) is 8.43. The SMILES string of the molecule is COc1ccc(NC(=O)COc2ccc(/C=C(/C#N)C(=O)Nc3ccc(I)cc3)cc2)cc1. The molecule has 2 amide bonds. The van der Waals surface area contributed by atoms with Crippen molar-refractivity contribution in [3.63, 3.8) is 0 Å². The van der Waals surface area contributed by atoms with Gasteiger partial charge in [-0.25, -0.2) is 0 Å². The summed E-state index contributed by atoms with van der Waals surface area (Å²) in [6, 6.07) is 22.9. The van der Waals surface area contributed by atoms with Gasteiger partial charge in [0.05, 0.1) is 7.11 Å². The number of methoxy groups -OCH3 is 1. The Labute approximate surface area is 205 Å². The minimum Gasteiger partial charge on any atom is -0.497 e. The number of hydrogen-bond donors (Lipinski definition) is 2. The molecule has 0 aromatic heterocycles. The minimum atomic E-state index is -0.491. The second-order valence-corrected chi connectivity index (χ2v) is 8.01. The minimum absolute atomic E-state index is 0.0268. The van der Waals surface area contributed by atoms with Gasteiger partial charge >= 0.3 is 0 Å². The molecule has 0 aliphatic heterocycles. The molecule has 0 aliphatic rings. The van der Waals surface area contributed by atoms with Gasteiger partial charge in [0.15, 0.2) is 6.61 Å². The average molecular weight is 553 g/mol. The number of nitriles is 1. The molecule has 7 nitrogen and oxygen atoms in total. The summed E-state index contributed by atoms with van der Waals surface area (Å²) >= 11 is 2.17. The molecule has 0 fully saturated rings. The number of anilines is 2. The van der Waals surface area contributed by atoms with Crippen LogP contribution in [-0.2, 0) is 9.59 Å². The zero-order chi connectivity index (χ0) is 23.6. The van der Waals surface area contributed by atoms with Gasteiger partial charge in [-0.05, 0) is 94.9 Å². The van der Waals surface area contributed by atoms with Gasteiger partial charge in [0, 0.05) is 14.9 Å². The number of rotatable bonds is 8. The van der Waals surface area contributed by atoms with Crippen molar-refractivity contribution >= 4 is 51.9 Å². The summed E-state index contributed by atoms with van der Waals surface area (Å²) in [5.74, 6) is 0.390. The van der Waals surface area contributed by atoms with E-state index < -0.39 is 5.91 Å². The lowest BCUT2D eigenvalue weighted by Gasteiger charge is -2.08. The number of carbonyl (C=O) groups excluding carboxylic acids is 2. The van der Waals surface area contributed by atoms with E-state index >= 15 is 0 Å². The van der Waals surface area contributed by atoms with Crippen molar-refractivity contribution in [2.45, 2.75) is 0 Å². The smallest absolute Gasteiger partial charge is 0.266 e. The second kappa shape index (κ2) is 11.7. The van der Waals surface area contributed by atoms with E-state index in [0.29, 0.717) is 28.4 Å². The molecule has 0 saturated carbocycles. The van der Waals surface area contributed by atoms with Gasteiger partial charge in [-0.1, -0.05) is 12.1 Å². The van der Waals surface area contributed by atoms with E-state index in [1.165, 1.54) is 6.08 Å². The maximum Gasteiger partial charge on any atom is 0.266 e. The fraction of sp³-hybridized carbons (Fsp3) is 0.0800. The molecule has 8 heteroatoms. The first-order valence-electron chi connectivity index (χ1n) is 9.82. The van der Waals surface area contributed by atoms with E-state index in [0.717, 1.165) is 3.57 Å². The zero-order valence-corrected chi connectivity index (χ0v) is 19.8. The highest BCUT2D eigenvalue weighted by Gasteiger charge is 2.10. The molecule has 0 spiro atoms. The third-order valence-corrected chi connectivity index (χ3v) is 5.12. The van der Waals surface area contributed by atoms with E-state index in [1.807, 2.05) is 18.2 Å². The Bertz CT molecular complexity index is 1180. The largest absolute Gasteiger partial charge is 0.497 e. The third kappa shape index (κ3) is 7.36. The Morgan fingerprint density at radius 2 is 1.48 bits per heavy atom. The lowest BCUT2D eigenvalue weighted by Crippen LogP contribution is -2.20. The Hall–Kier alpha value is -3.84. The molecule has 3 aromatic rings. The molecule has 0 bridgehead atoms. The molecular weight excluding hydrogens is 533 g/mol. The summed E-state index contributed by atoms with van der Waals surface area (Å²) in [4.78, 5) is 24.5. The van der Waals surface area contributed by atoms with Gasteiger partial charge in [0.2, 0.25) is 0 Å². The molecule has 0 heterocycles. The highest BCUT2D eigenvalue weighted by molar-refractivity contribution is 14.1. The van der Waals surface area contributed by atoms with Gasteiger partial charge in [-0.15, -0.1) is 0 Å². The van der Waals surface area contributed by atoms with Crippen LogP contribution in [0.4, 0.5) is 11.4 Å². The van der Waals surface area contributed by atoms with Crippen molar-refractivity contribution in [2.24, 2.45) is 0 Å². The van der Waals surface area contributed by atoms with Crippen LogP contribution in [-0.4, -0.2) is 25.5 Å². The fourth-order valence-corrected chi connectivity index (χ4v) is 3.09. The van der Waals surface area contributed by atoms with E-state index in [4.69, 9.17) is 9.47 Å². The number of hydrogen-bond acceptors (Lipinski definition) is 5. The molecule has 2 N–H and O–H groups in total. The van der Waals surface area contributed by atoms with Gasteiger partial charge in [0.25, 0.3) is 11.8 Å². The first-order chi connectivity index (χ1) is 16.0. The number of halogens is 1. The van der Waals surface area contributed by atoms with Crippen LogP contribution in [0.1, 0.15) is 5.56 Å². The predicted octanol–water partition coefficient (Wildman–Crippen LogP) is 4.86. The van der Waals surface area contributed by atoms with Crippen LogP contribution in [0.15, 0.2) is 78.4 Å². The summed E-state index contributed by atoms with van der Waals surface area (Å²) in [7, 11) is 1.57. The maximum atomic E-state index is 12.4. The van der Waals surface area contributed by atoms with Gasteiger partial charge < -0.3 is 20.1 Å². The second-order valence-electron chi connectivity index (χ2n) is 6.77. The molecule has 0 atom stereocenters. The lowest BCUT2D eigenvalue weighted by atomic mass is 10.1. The third-order valence-electron chi connectivity index (χ3n) is 4.40. The topological polar surface area (TPSA) is 100 Å². The highest BCUT2D eigenvalue weighted by Crippen LogP contribution is 2.17. The van der Waals surface area contributed by atoms with Gasteiger partial charge in [0.1, 0.15) is 23.1 Å². The normalized spacial score (nSPS) is 10.6. The maximum absolute atomic E-state index is 12.4. The number of amides is 2. The monoisotopic (exact) mass is 553 g/mol. The van der Waals surface area contributed by atoms with Crippen LogP contribution in [0.3, 0.4) is 0 Å². The van der Waals surface area contributed by atoms with Crippen molar-refractivity contribution in [3.05, 3.63) is 87.5 Å². The molecule has 3 aromatic carbocycles. The van der Waals surface area contributed by atoms with Gasteiger partial charge in [-0.3, -0.25) is 9.59 Å². The van der Waals surface area contributed by atoms with E-state index in [1.54, 1.807) is 67.8 Å². The first-order valence-corrected chi connectivity index (χ1v) is 10.9. The molecule has 0 unspecified atom stereocenters. The van der Waals surface area contributed by atoms with E-state index in [2.05, 4.69) is 33.2 Å². The molecule has 0 radical (unpaired) electrons.